The third kappa shape index (κ3) is 1.63. The number of hydrogen-bond donors (Lipinski definition) is 0. The summed E-state index contributed by atoms with van der Waals surface area (Å²) in [6, 6.07) is 23.7. The standard InChI is InChI=1S/C33H16N6O/c1-2-6-21-18(5-1)19-7-9-23-27-25(19)31-36(21)12-14-38(31)33(27)28-24(40-23)10-8-20-26(28)32-37(13-15-39(32)33)22-16-17-4-3-11-34-30(17)35-29(20)22/h1-16H/q+2. The van der Waals surface area contributed by atoms with Crippen molar-refractivity contribution in [2.75, 3.05) is 0 Å². The molecule has 3 aliphatic heterocycles. The minimum atomic E-state index is -0.595. The van der Waals surface area contributed by atoms with E-state index in [1.165, 1.54) is 43.8 Å². The van der Waals surface area contributed by atoms with Crippen molar-refractivity contribution in [1.82, 2.24) is 18.8 Å². The first-order valence-corrected chi connectivity index (χ1v) is 13.5. The molecule has 40 heavy (non-hydrogen) atoms. The van der Waals surface area contributed by atoms with Crippen LogP contribution in [0.1, 0.15) is 11.1 Å². The van der Waals surface area contributed by atoms with Gasteiger partial charge in [-0.05, 0) is 48.5 Å². The molecule has 1 atom stereocenters. The molecule has 1 unspecified atom stereocenters. The molecule has 3 aliphatic rings. The van der Waals surface area contributed by atoms with Crippen LogP contribution in [0.2, 0.25) is 0 Å². The number of rotatable bonds is 0. The summed E-state index contributed by atoms with van der Waals surface area (Å²) in [6.07, 6.45) is 10.7. The van der Waals surface area contributed by atoms with Crippen LogP contribution in [0.3, 0.4) is 0 Å². The maximum Gasteiger partial charge on any atom is 0.315 e. The molecule has 182 valence electrons. The number of imidazole rings is 2. The van der Waals surface area contributed by atoms with E-state index in [1.807, 2.05) is 12.3 Å². The highest BCUT2D eigenvalue weighted by Gasteiger charge is 2.65. The summed E-state index contributed by atoms with van der Waals surface area (Å²) in [5, 5.41) is 7.08. The SMILES string of the molecule is c1cnc2nc3c4ccc5c6c4c4n(cc[n+]4C64c6c(ccc7c8ccccc8n8cc[n+]4c8c67)O5)c3cc2c1. The molecule has 9 heterocycles. The maximum atomic E-state index is 6.76. The van der Waals surface area contributed by atoms with Crippen LogP contribution in [0.4, 0.5) is 0 Å². The molecular weight excluding hydrogens is 496 g/mol. The maximum absolute atomic E-state index is 6.76. The molecule has 7 heteroatoms. The second-order valence-corrected chi connectivity index (χ2v) is 11.1. The Morgan fingerprint density at radius 1 is 0.700 bits per heavy atom. The highest BCUT2D eigenvalue weighted by Crippen LogP contribution is 2.57. The molecule has 9 aromatic rings. The number of hydrogen-bond acceptors (Lipinski definition) is 3. The lowest BCUT2D eigenvalue weighted by atomic mass is 9.85. The average Bonchev–Trinajstić information content (AvgIpc) is 3.76. The molecule has 0 N–H and O–H groups in total. The van der Waals surface area contributed by atoms with Crippen LogP contribution in [0, 0.1) is 0 Å². The molecule has 0 saturated carbocycles. The monoisotopic (exact) mass is 512 g/mol. The largest absolute Gasteiger partial charge is 0.456 e. The van der Waals surface area contributed by atoms with Crippen molar-refractivity contribution in [3.8, 4) is 11.5 Å². The predicted octanol–water partition coefficient (Wildman–Crippen LogP) is 5.35. The number of pyridine rings is 4. The Bertz CT molecular complexity index is 2750. The molecule has 0 aliphatic carbocycles. The predicted molar refractivity (Wildman–Crippen MR) is 150 cm³/mol. The second-order valence-electron chi connectivity index (χ2n) is 11.1. The summed E-state index contributed by atoms with van der Waals surface area (Å²) in [5.41, 5.74) is 8.13. The van der Waals surface area contributed by atoms with Crippen molar-refractivity contribution in [3.05, 3.63) is 109 Å². The van der Waals surface area contributed by atoms with E-state index in [0.29, 0.717) is 0 Å². The molecule has 3 aromatic carbocycles. The summed E-state index contributed by atoms with van der Waals surface area (Å²) in [4.78, 5) is 9.69. The van der Waals surface area contributed by atoms with E-state index >= 15 is 0 Å². The van der Waals surface area contributed by atoms with Gasteiger partial charge in [-0.3, -0.25) is 0 Å². The Balaban J connectivity index is 1.38. The van der Waals surface area contributed by atoms with Crippen LogP contribution in [0.5, 0.6) is 11.5 Å². The van der Waals surface area contributed by atoms with Crippen molar-refractivity contribution >= 4 is 65.8 Å². The van der Waals surface area contributed by atoms with E-state index in [9.17, 15) is 0 Å². The van der Waals surface area contributed by atoms with Crippen LogP contribution in [0.25, 0.3) is 65.8 Å². The lowest BCUT2D eigenvalue weighted by molar-refractivity contribution is -0.944. The molecular formula is C33H16N6O+2. The van der Waals surface area contributed by atoms with Crippen LogP contribution in [0.15, 0.2) is 97.7 Å². The van der Waals surface area contributed by atoms with Crippen molar-refractivity contribution in [1.29, 1.82) is 0 Å². The van der Waals surface area contributed by atoms with Gasteiger partial charge in [-0.2, -0.15) is 17.9 Å². The van der Waals surface area contributed by atoms with Gasteiger partial charge in [0.1, 0.15) is 58.4 Å². The normalized spacial score (nSPS) is 17.8. The smallest absolute Gasteiger partial charge is 0.315 e. The first-order valence-electron chi connectivity index (χ1n) is 13.5. The molecule has 7 nitrogen and oxygen atoms in total. The highest BCUT2D eigenvalue weighted by atomic mass is 16.5. The fourth-order valence-corrected chi connectivity index (χ4v) is 8.22. The fraction of sp³-hybridized carbons (Fsp3) is 0.0303. The number of nitrogens with zero attached hydrogens (tertiary/aromatic N) is 6. The third-order valence-electron chi connectivity index (χ3n) is 9.58. The van der Waals surface area contributed by atoms with Crippen LogP contribution in [-0.2, 0) is 5.66 Å². The quantitative estimate of drug-likeness (QED) is 0.156. The van der Waals surface area contributed by atoms with Crippen molar-refractivity contribution < 1.29 is 13.9 Å². The molecule has 0 fully saturated rings. The van der Waals surface area contributed by atoms with Crippen LogP contribution >= 0.6 is 0 Å². The summed E-state index contributed by atoms with van der Waals surface area (Å²) in [6.45, 7) is 0. The lowest BCUT2D eigenvalue weighted by Crippen LogP contribution is -2.71. The van der Waals surface area contributed by atoms with Crippen LogP contribution in [-0.4, -0.2) is 18.8 Å². The summed E-state index contributed by atoms with van der Waals surface area (Å²) < 4.78 is 16.3. The minimum Gasteiger partial charge on any atom is -0.456 e. The number of ether oxygens (including phenoxy) is 1. The molecule has 0 saturated heterocycles. The zero-order chi connectivity index (χ0) is 25.5. The zero-order valence-corrected chi connectivity index (χ0v) is 20.8. The van der Waals surface area contributed by atoms with Gasteiger partial charge in [0, 0.05) is 27.7 Å². The van der Waals surface area contributed by atoms with E-state index in [2.05, 4.69) is 108 Å². The van der Waals surface area contributed by atoms with Gasteiger partial charge in [-0.1, -0.05) is 18.2 Å². The number of benzene rings is 3. The van der Waals surface area contributed by atoms with Crippen molar-refractivity contribution in [3.63, 3.8) is 0 Å². The molecule has 12 rings (SSSR count). The first-order chi connectivity index (χ1) is 19.8. The Hall–Kier alpha value is -5.56. The topological polar surface area (TPSA) is 51.6 Å². The minimum absolute atomic E-state index is 0.595. The molecule has 0 radical (unpaired) electrons. The van der Waals surface area contributed by atoms with Crippen LogP contribution < -0.4 is 13.9 Å². The molecule has 0 bridgehead atoms. The Morgan fingerprint density at radius 2 is 1.43 bits per heavy atom. The van der Waals surface area contributed by atoms with E-state index in [0.717, 1.165) is 44.6 Å². The lowest BCUT2D eigenvalue weighted by Gasteiger charge is -2.30. The summed E-state index contributed by atoms with van der Waals surface area (Å²) in [5.74, 6) is 1.81. The number of fused-ring (bicyclic) bond motifs is 7. The molecule has 1 spiro atoms. The fourth-order valence-electron chi connectivity index (χ4n) is 8.22. The van der Waals surface area contributed by atoms with E-state index in [1.54, 1.807) is 0 Å². The summed E-state index contributed by atoms with van der Waals surface area (Å²) >= 11 is 0. The third-order valence-corrected chi connectivity index (χ3v) is 9.58. The van der Waals surface area contributed by atoms with Gasteiger partial charge in [0.2, 0.25) is 0 Å². The number of para-hydroxylation sites is 1. The van der Waals surface area contributed by atoms with Gasteiger partial charge < -0.3 is 4.74 Å². The Morgan fingerprint density at radius 3 is 2.25 bits per heavy atom. The van der Waals surface area contributed by atoms with Gasteiger partial charge >= 0.3 is 5.66 Å². The average molecular weight is 513 g/mol. The first kappa shape index (κ1) is 18.7. The van der Waals surface area contributed by atoms with Gasteiger partial charge in [-0.25, -0.2) is 9.97 Å². The van der Waals surface area contributed by atoms with Crippen molar-refractivity contribution in [2.45, 2.75) is 5.66 Å². The summed E-state index contributed by atoms with van der Waals surface area (Å²) in [7, 11) is 0. The van der Waals surface area contributed by atoms with Gasteiger partial charge in [0.15, 0.2) is 11.2 Å². The Labute approximate surface area is 224 Å². The van der Waals surface area contributed by atoms with Gasteiger partial charge in [0.05, 0.1) is 10.8 Å². The zero-order valence-electron chi connectivity index (χ0n) is 20.8. The van der Waals surface area contributed by atoms with Gasteiger partial charge in [-0.15, -0.1) is 0 Å². The highest BCUT2D eigenvalue weighted by molar-refractivity contribution is 6.17. The number of aromatic nitrogens is 6. The Kier molecular flexibility index (Phi) is 2.60. The van der Waals surface area contributed by atoms with Gasteiger partial charge in [0.25, 0.3) is 11.3 Å². The van der Waals surface area contributed by atoms with Crippen molar-refractivity contribution in [2.24, 2.45) is 0 Å². The second kappa shape index (κ2) is 5.58. The van der Waals surface area contributed by atoms with E-state index in [-0.39, 0.29) is 0 Å². The molecule has 0 amide bonds. The molecule has 6 aromatic heterocycles. The van der Waals surface area contributed by atoms with E-state index in [4.69, 9.17) is 9.72 Å². The van der Waals surface area contributed by atoms with E-state index < -0.39 is 5.66 Å².